The molecule has 1 aromatic carbocycles. The molecule has 0 unspecified atom stereocenters. The monoisotopic (exact) mass is 522 g/mol. The molecule has 1 N–H and O–H groups in total. The Morgan fingerprint density at radius 2 is 1.76 bits per heavy atom. The van der Waals surface area contributed by atoms with Gasteiger partial charge in [-0.3, -0.25) is 4.90 Å². The molecule has 2 aliphatic rings. The molecule has 1 saturated heterocycles. The zero-order valence-corrected chi connectivity index (χ0v) is 23.6. The summed E-state index contributed by atoms with van der Waals surface area (Å²) in [6, 6.07) is 6.33. The molecule has 2 aromatic heterocycles. The lowest BCUT2D eigenvalue weighted by molar-refractivity contribution is 0.0815. The smallest absolute Gasteiger partial charge is 0.162 e. The normalized spacial score (nSPS) is 21.9. The van der Waals surface area contributed by atoms with Gasteiger partial charge in [-0.25, -0.2) is 19.0 Å². The lowest BCUT2D eigenvalue weighted by atomic mass is 9.90. The number of anilines is 1. The van der Waals surface area contributed by atoms with Crippen LogP contribution in [0.4, 0.5) is 10.1 Å². The molecular weight excluding hydrogens is 479 g/mol. The van der Waals surface area contributed by atoms with Gasteiger partial charge in [-0.1, -0.05) is 19.9 Å². The first-order valence-corrected chi connectivity index (χ1v) is 14.0. The summed E-state index contributed by atoms with van der Waals surface area (Å²) in [6.45, 7) is 10.6. The molecule has 206 valence electrons. The molecule has 1 aliphatic carbocycles. The van der Waals surface area contributed by atoms with E-state index < -0.39 is 0 Å². The van der Waals surface area contributed by atoms with E-state index in [-0.39, 0.29) is 11.2 Å². The van der Waals surface area contributed by atoms with Crippen molar-refractivity contribution < 1.29 is 4.39 Å². The molecule has 3 heterocycles. The zero-order valence-electron chi connectivity index (χ0n) is 23.6. The highest BCUT2D eigenvalue weighted by Gasteiger charge is 2.30. The van der Waals surface area contributed by atoms with Crippen LogP contribution in [0.25, 0.3) is 22.3 Å². The molecule has 0 radical (unpaired) electrons. The Kier molecular flexibility index (Phi) is 7.98. The van der Waals surface area contributed by atoms with Gasteiger partial charge in [0.05, 0.1) is 17.1 Å². The summed E-state index contributed by atoms with van der Waals surface area (Å²) < 4.78 is 17.3. The summed E-state index contributed by atoms with van der Waals surface area (Å²) in [5.74, 6) is -0.268. The number of piperazine rings is 1. The summed E-state index contributed by atoms with van der Waals surface area (Å²) in [7, 11) is 6.33. The highest BCUT2D eigenvalue weighted by atomic mass is 19.1. The minimum Gasteiger partial charge on any atom is -0.382 e. The fourth-order valence-electron chi connectivity index (χ4n) is 6.26. The molecule has 3 aromatic rings. The van der Waals surface area contributed by atoms with Crippen molar-refractivity contribution in [3.05, 3.63) is 36.5 Å². The van der Waals surface area contributed by atoms with E-state index in [0.29, 0.717) is 24.3 Å². The predicted molar refractivity (Wildman–Crippen MR) is 152 cm³/mol. The molecule has 38 heavy (non-hydrogen) atoms. The third-order valence-corrected chi connectivity index (χ3v) is 8.18. The topological polar surface area (TPSA) is 65.4 Å². The van der Waals surface area contributed by atoms with E-state index in [9.17, 15) is 0 Å². The van der Waals surface area contributed by atoms with Crippen LogP contribution in [0, 0.1) is 11.2 Å². The van der Waals surface area contributed by atoms with E-state index >= 15 is 4.39 Å². The number of benzene rings is 1. The Hall–Kier alpha value is -2.62. The van der Waals surface area contributed by atoms with Gasteiger partial charge in [0.2, 0.25) is 0 Å². The maximum Gasteiger partial charge on any atom is 0.162 e. The van der Waals surface area contributed by atoms with E-state index in [2.05, 4.69) is 69.7 Å². The molecule has 8 nitrogen and oxygen atoms in total. The van der Waals surface area contributed by atoms with Gasteiger partial charge in [-0.2, -0.15) is 5.10 Å². The molecule has 0 amide bonds. The minimum absolute atomic E-state index is 0.0181. The lowest BCUT2D eigenvalue weighted by Gasteiger charge is -2.41. The van der Waals surface area contributed by atoms with Crippen LogP contribution in [0.2, 0.25) is 0 Å². The van der Waals surface area contributed by atoms with Crippen LogP contribution in [0.15, 0.2) is 30.7 Å². The fraction of sp³-hybridized carbons (Fsp3) is 0.621. The van der Waals surface area contributed by atoms with E-state index in [4.69, 9.17) is 5.10 Å². The summed E-state index contributed by atoms with van der Waals surface area (Å²) in [4.78, 5) is 16.1. The molecule has 9 heteroatoms. The van der Waals surface area contributed by atoms with Gasteiger partial charge >= 0.3 is 0 Å². The van der Waals surface area contributed by atoms with Crippen LogP contribution >= 0.6 is 0 Å². The number of hydrogen-bond acceptors (Lipinski definition) is 7. The van der Waals surface area contributed by atoms with E-state index in [0.717, 1.165) is 67.9 Å². The van der Waals surface area contributed by atoms with E-state index in [1.54, 1.807) is 12.4 Å². The standard InChI is InChI=1S/C29H43FN8/c1-29(2,19-35(3)4)18-32-26-11-6-21(16-25(26)30)27-24-17-31-20-33-28(24)38(34-27)23-9-7-22(8-10-23)37-14-12-36(5)13-15-37/h6,11,16-17,20,22-23,32H,7-10,12-15,18-19H2,1-5H3. The Morgan fingerprint density at radius 3 is 2.45 bits per heavy atom. The molecule has 5 rings (SSSR count). The summed E-state index contributed by atoms with van der Waals surface area (Å²) >= 11 is 0. The van der Waals surface area contributed by atoms with E-state index in [1.807, 2.05) is 18.3 Å². The van der Waals surface area contributed by atoms with Crippen LogP contribution < -0.4 is 5.32 Å². The van der Waals surface area contributed by atoms with Gasteiger partial charge in [0, 0.05) is 57.1 Å². The van der Waals surface area contributed by atoms with Crippen LogP contribution in [-0.2, 0) is 0 Å². The van der Waals surface area contributed by atoms with Crippen molar-refractivity contribution in [2.45, 2.75) is 51.6 Å². The predicted octanol–water partition coefficient (Wildman–Crippen LogP) is 4.36. The average molecular weight is 523 g/mol. The van der Waals surface area contributed by atoms with E-state index in [1.165, 1.54) is 12.8 Å². The molecule has 1 saturated carbocycles. The third-order valence-electron chi connectivity index (χ3n) is 8.18. The second-order valence-corrected chi connectivity index (χ2v) is 12.3. The van der Waals surface area contributed by atoms with Crippen molar-refractivity contribution in [2.24, 2.45) is 5.41 Å². The maximum atomic E-state index is 15.2. The Balaban J connectivity index is 1.32. The van der Waals surface area contributed by atoms with Crippen molar-refractivity contribution in [1.82, 2.24) is 34.4 Å². The van der Waals surface area contributed by atoms with Crippen LogP contribution in [0.3, 0.4) is 0 Å². The SMILES string of the molecule is CN(C)CC(C)(C)CNc1ccc(-c2nn(C3CCC(N4CCN(C)CC4)CC3)c3ncncc23)cc1F. The largest absolute Gasteiger partial charge is 0.382 e. The quantitative estimate of drug-likeness (QED) is 0.472. The Labute approximate surface area is 226 Å². The molecule has 0 spiro atoms. The van der Waals surface area contributed by atoms with Crippen LogP contribution in [-0.4, -0.2) is 101 Å². The third kappa shape index (κ3) is 6.00. The lowest BCUT2D eigenvalue weighted by Crippen LogP contribution is -2.49. The second-order valence-electron chi connectivity index (χ2n) is 12.3. The number of hydrogen-bond donors (Lipinski definition) is 1. The van der Waals surface area contributed by atoms with Gasteiger partial charge in [0.15, 0.2) is 5.65 Å². The summed E-state index contributed by atoms with van der Waals surface area (Å²) in [5, 5.41) is 9.20. The van der Waals surface area contributed by atoms with Gasteiger partial charge in [-0.05, 0) is 64.4 Å². The number of fused-ring (bicyclic) bond motifs is 1. The van der Waals surface area contributed by atoms with Gasteiger partial charge in [0.1, 0.15) is 17.8 Å². The number of nitrogens with zero attached hydrogens (tertiary/aromatic N) is 7. The minimum atomic E-state index is -0.268. The molecule has 0 bridgehead atoms. The number of nitrogens with one attached hydrogen (secondary N) is 1. The molecule has 2 fully saturated rings. The van der Waals surface area contributed by atoms with Crippen molar-refractivity contribution in [3.63, 3.8) is 0 Å². The molecule has 0 atom stereocenters. The first-order chi connectivity index (χ1) is 18.2. The van der Waals surface area contributed by atoms with Crippen molar-refractivity contribution in [2.75, 3.05) is 65.7 Å². The zero-order chi connectivity index (χ0) is 26.9. The maximum absolute atomic E-state index is 15.2. The van der Waals surface area contributed by atoms with Crippen LogP contribution in [0.5, 0.6) is 0 Å². The van der Waals surface area contributed by atoms with Crippen molar-refractivity contribution in [1.29, 1.82) is 0 Å². The highest BCUT2D eigenvalue weighted by molar-refractivity contribution is 5.90. The van der Waals surface area contributed by atoms with Crippen molar-refractivity contribution in [3.8, 4) is 11.3 Å². The Morgan fingerprint density at radius 1 is 1.05 bits per heavy atom. The second kappa shape index (κ2) is 11.2. The Bertz CT molecular complexity index is 1220. The summed E-state index contributed by atoms with van der Waals surface area (Å²) in [6.07, 6.45) is 7.91. The van der Waals surface area contributed by atoms with Gasteiger partial charge in [-0.15, -0.1) is 0 Å². The highest BCUT2D eigenvalue weighted by Crippen LogP contribution is 2.36. The first-order valence-electron chi connectivity index (χ1n) is 14.0. The van der Waals surface area contributed by atoms with Gasteiger partial charge < -0.3 is 15.1 Å². The number of rotatable bonds is 8. The number of halogens is 1. The van der Waals surface area contributed by atoms with Gasteiger partial charge in [0.25, 0.3) is 0 Å². The number of likely N-dealkylation sites (N-methyl/N-ethyl adjacent to an activating group) is 1. The molecule has 1 aliphatic heterocycles. The van der Waals surface area contributed by atoms with Crippen molar-refractivity contribution >= 4 is 16.7 Å². The fourth-order valence-corrected chi connectivity index (χ4v) is 6.26. The molecular formula is C29H43FN8. The summed E-state index contributed by atoms with van der Waals surface area (Å²) in [5.41, 5.74) is 2.88. The average Bonchev–Trinajstić information content (AvgIpc) is 3.28. The first kappa shape index (κ1) is 27.0. The van der Waals surface area contributed by atoms with Crippen LogP contribution in [0.1, 0.15) is 45.6 Å². The number of aromatic nitrogens is 4.